The molecule has 0 spiro atoms. The van der Waals surface area contributed by atoms with Gasteiger partial charge in [0.05, 0.1) is 19.1 Å². The van der Waals surface area contributed by atoms with Gasteiger partial charge in [-0.2, -0.15) is 0 Å². The first kappa shape index (κ1) is 18.4. The lowest BCUT2D eigenvalue weighted by Crippen LogP contribution is -2.53. The molecule has 1 aromatic carbocycles. The molecule has 1 amide bonds. The number of aliphatic hydroxyl groups is 1. The summed E-state index contributed by atoms with van der Waals surface area (Å²) in [4.78, 5) is 29.1. The fourth-order valence-corrected chi connectivity index (χ4v) is 5.41. The van der Waals surface area contributed by atoms with Gasteiger partial charge < -0.3 is 14.7 Å². The third kappa shape index (κ3) is 3.15. The Morgan fingerprint density at radius 3 is 2.81 bits per heavy atom. The maximum absolute atomic E-state index is 12.5. The summed E-state index contributed by atoms with van der Waals surface area (Å²) < 4.78 is 5.02. The Balaban J connectivity index is 1.72. The number of aliphatic hydroxyl groups excluding tert-OH is 1. The van der Waals surface area contributed by atoms with Crippen LogP contribution in [0.3, 0.4) is 0 Å². The highest BCUT2D eigenvalue weighted by Gasteiger charge is 2.49. The van der Waals surface area contributed by atoms with Crippen LogP contribution in [0.1, 0.15) is 37.3 Å². The molecule has 4 rings (SSSR count). The van der Waals surface area contributed by atoms with Crippen LogP contribution in [0, 0.1) is 17.8 Å². The van der Waals surface area contributed by atoms with Crippen LogP contribution in [0.5, 0.6) is 0 Å². The topological polar surface area (TPSA) is 70.1 Å². The van der Waals surface area contributed by atoms with Crippen LogP contribution in [-0.4, -0.2) is 55.2 Å². The van der Waals surface area contributed by atoms with Crippen LogP contribution in [0.15, 0.2) is 24.3 Å². The Bertz CT molecular complexity index is 737. The molecule has 2 heterocycles. The van der Waals surface area contributed by atoms with Gasteiger partial charge in [0.1, 0.15) is 0 Å². The van der Waals surface area contributed by atoms with Gasteiger partial charge in [-0.05, 0) is 42.7 Å². The monoisotopic (exact) mass is 372 g/mol. The number of amides is 1. The maximum atomic E-state index is 12.5. The van der Waals surface area contributed by atoms with Crippen molar-refractivity contribution in [2.24, 2.45) is 17.8 Å². The molecule has 0 aromatic heterocycles. The number of benzene rings is 1. The number of hydrogen-bond acceptors (Lipinski definition) is 5. The van der Waals surface area contributed by atoms with Crippen molar-refractivity contribution in [3.63, 3.8) is 0 Å². The van der Waals surface area contributed by atoms with Gasteiger partial charge in [0.2, 0.25) is 5.91 Å². The lowest BCUT2D eigenvalue weighted by Gasteiger charge is -2.50. The standard InChI is InChI=1S/C21H28N2O4/c1-22-16-6-4-3-5-14(16)17-11-15-13(12-23(17)10-9-19(22)25)7-8-18(24)20(15)21(26)27-2/h3-6,13,15,17-18,20,24H,7-12H2,1-2H3/t13-,15-,17-,18-,20+/m0/s1. The van der Waals surface area contributed by atoms with Crippen molar-refractivity contribution in [3.05, 3.63) is 29.8 Å². The zero-order valence-electron chi connectivity index (χ0n) is 16.0. The van der Waals surface area contributed by atoms with E-state index in [9.17, 15) is 14.7 Å². The second kappa shape index (κ2) is 7.24. The highest BCUT2D eigenvalue weighted by atomic mass is 16.5. The smallest absolute Gasteiger partial charge is 0.311 e. The number of ether oxygens (including phenoxy) is 1. The summed E-state index contributed by atoms with van der Waals surface area (Å²) in [5.74, 6) is -0.149. The average Bonchev–Trinajstić information content (AvgIpc) is 2.69. The first-order valence-corrected chi connectivity index (χ1v) is 9.86. The molecule has 3 aliphatic rings. The molecule has 0 radical (unpaired) electrons. The fraction of sp³-hybridized carbons (Fsp3) is 0.619. The van der Waals surface area contributed by atoms with Crippen LogP contribution in [0.25, 0.3) is 0 Å². The van der Waals surface area contributed by atoms with Crippen LogP contribution in [0.2, 0.25) is 0 Å². The summed E-state index contributed by atoms with van der Waals surface area (Å²) in [6.07, 6.45) is 2.23. The average molecular weight is 372 g/mol. The summed E-state index contributed by atoms with van der Waals surface area (Å²) in [5.41, 5.74) is 2.08. The number of carbonyl (C=O) groups excluding carboxylic acids is 2. The molecule has 2 fully saturated rings. The molecule has 1 N–H and O–H groups in total. The zero-order chi connectivity index (χ0) is 19.1. The lowest BCUT2D eigenvalue weighted by molar-refractivity contribution is -0.160. The van der Waals surface area contributed by atoms with Crippen molar-refractivity contribution >= 4 is 17.6 Å². The van der Waals surface area contributed by atoms with Gasteiger partial charge in [-0.15, -0.1) is 0 Å². The van der Waals surface area contributed by atoms with E-state index in [0.717, 1.165) is 37.2 Å². The van der Waals surface area contributed by atoms with Crippen molar-refractivity contribution in [1.29, 1.82) is 0 Å². The molecule has 2 aliphatic heterocycles. The van der Waals surface area contributed by atoms with Crippen LogP contribution in [-0.2, 0) is 14.3 Å². The molecule has 5 atom stereocenters. The minimum Gasteiger partial charge on any atom is -0.469 e. The molecular formula is C21H28N2O4. The third-order valence-electron chi connectivity index (χ3n) is 6.84. The molecule has 27 heavy (non-hydrogen) atoms. The summed E-state index contributed by atoms with van der Waals surface area (Å²) in [7, 11) is 3.24. The number of hydrogen-bond donors (Lipinski definition) is 1. The molecule has 1 saturated carbocycles. The van der Waals surface area contributed by atoms with E-state index in [1.807, 2.05) is 25.2 Å². The number of piperidine rings is 1. The second-order valence-electron chi connectivity index (χ2n) is 8.13. The quantitative estimate of drug-likeness (QED) is 0.764. The van der Waals surface area contributed by atoms with E-state index in [1.54, 1.807) is 4.90 Å². The molecule has 1 aromatic rings. The van der Waals surface area contributed by atoms with Gasteiger partial charge in [-0.3, -0.25) is 14.5 Å². The number of nitrogens with zero attached hydrogens (tertiary/aromatic N) is 2. The van der Waals surface area contributed by atoms with Gasteiger partial charge in [-0.1, -0.05) is 18.2 Å². The van der Waals surface area contributed by atoms with Crippen molar-refractivity contribution in [2.75, 3.05) is 32.1 Å². The Kier molecular flexibility index (Phi) is 4.95. The predicted octanol–water partition coefficient (Wildman–Crippen LogP) is 1.98. The third-order valence-corrected chi connectivity index (χ3v) is 6.84. The van der Waals surface area contributed by atoms with Gasteiger partial charge in [-0.25, -0.2) is 0 Å². The first-order chi connectivity index (χ1) is 13.0. The number of anilines is 1. The Labute approximate surface area is 160 Å². The van der Waals surface area contributed by atoms with E-state index in [-0.39, 0.29) is 23.8 Å². The number of para-hydroxylation sites is 1. The number of rotatable bonds is 1. The van der Waals surface area contributed by atoms with E-state index in [4.69, 9.17) is 4.74 Å². The van der Waals surface area contributed by atoms with Gasteiger partial charge >= 0.3 is 5.97 Å². The largest absolute Gasteiger partial charge is 0.469 e. The minimum atomic E-state index is -0.627. The van der Waals surface area contributed by atoms with Crippen molar-refractivity contribution < 1.29 is 19.4 Å². The predicted molar refractivity (Wildman–Crippen MR) is 101 cm³/mol. The SMILES string of the molecule is COC(=O)[C@@H]1[C@H]2C[C@H]3c4ccccc4N(C)C(=O)CCN3C[C@@H]2CC[C@@H]1O. The lowest BCUT2D eigenvalue weighted by atomic mass is 9.65. The molecular weight excluding hydrogens is 344 g/mol. The van der Waals surface area contributed by atoms with Gasteiger partial charge in [0.15, 0.2) is 0 Å². The minimum absolute atomic E-state index is 0.107. The molecule has 0 bridgehead atoms. The van der Waals surface area contributed by atoms with Gasteiger partial charge in [0.25, 0.3) is 0 Å². The summed E-state index contributed by atoms with van der Waals surface area (Å²) in [6, 6.07) is 8.21. The zero-order valence-corrected chi connectivity index (χ0v) is 16.0. The van der Waals surface area contributed by atoms with Crippen LogP contribution in [0.4, 0.5) is 5.69 Å². The molecule has 1 saturated heterocycles. The Morgan fingerprint density at radius 2 is 2.04 bits per heavy atom. The summed E-state index contributed by atoms with van der Waals surface area (Å²) in [6.45, 7) is 1.59. The van der Waals surface area contributed by atoms with Crippen molar-refractivity contribution in [1.82, 2.24) is 4.90 Å². The highest BCUT2D eigenvalue weighted by Crippen LogP contribution is 2.48. The second-order valence-corrected chi connectivity index (χ2v) is 8.13. The van der Waals surface area contributed by atoms with E-state index in [2.05, 4.69) is 11.0 Å². The van der Waals surface area contributed by atoms with Crippen LogP contribution >= 0.6 is 0 Å². The maximum Gasteiger partial charge on any atom is 0.311 e. The Morgan fingerprint density at radius 1 is 1.26 bits per heavy atom. The van der Waals surface area contributed by atoms with Crippen molar-refractivity contribution in [3.8, 4) is 0 Å². The van der Waals surface area contributed by atoms with E-state index in [0.29, 0.717) is 18.8 Å². The van der Waals surface area contributed by atoms with Crippen molar-refractivity contribution in [2.45, 2.75) is 37.8 Å². The highest BCUT2D eigenvalue weighted by molar-refractivity contribution is 5.94. The fourth-order valence-electron chi connectivity index (χ4n) is 5.41. The molecule has 146 valence electrons. The number of fused-ring (bicyclic) bond motifs is 4. The van der Waals surface area contributed by atoms with Crippen LogP contribution < -0.4 is 4.90 Å². The number of methoxy groups -OCH3 is 1. The molecule has 0 unspecified atom stereocenters. The summed E-state index contributed by atoms with van der Waals surface area (Å²) in [5, 5.41) is 10.5. The molecule has 6 heteroatoms. The van der Waals surface area contributed by atoms with E-state index >= 15 is 0 Å². The number of carbonyl (C=O) groups is 2. The normalized spacial score (nSPS) is 34.0. The molecule has 6 nitrogen and oxygen atoms in total. The summed E-state index contributed by atoms with van der Waals surface area (Å²) >= 11 is 0. The van der Waals surface area contributed by atoms with E-state index < -0.39 is 12.0 Å². The first-order valence-electron chi connectivity index (χ1n) is 9.86. The Hall–Kier alpha value is -1.92. The molecule has 1 aliphatic carbocycles. The number of esters is 1. The van der Waals surface area contributed by atoms with Gasteiger partial charge in [0, 0.05) is 38.3 Å². The van der Waals surface area contributed by atoms with E-state index in [1.165, 1.54) is 7.11 Å².